The van der Waals surface area contributed by atoms with E-state index >= 15 is 0 Å². The summed E-state index contributed by atoms with van der Waals surface area (Å²) in [6.45, 7) is 10.3. The highest BCUT2D eigenvalue weighted by Crippen LogP contribution is 2.44. The zero-order chi connectivity index (χ0) is 33.5. The van der Waals surface area contributed by atoms with Crippen LogP contribution < -0.4 is 0 Å². The minimum absolute atomic E-state index is 0.0409. The van der Waals surface area contributed by atoms with Gasteiger partial charge in [0.15, 0.2) is 11.6 Å². The SMILES string of the molecule is C=Cc1c(C)oc2cc(-c3ccc4ccccc4c3)cc(-c3nc(/C(C)=C/C)nc(C4CCCC(c5ccccc5)c5ccccc54)n3)c12. The van der Waals surface area contributed by atoms with E-state index in [0.717, 1.165) is 69.6 Å². The van der Waals surface area contributed by atoms with Crippen molar-refractivity contribution in [2.24, 2.45) is 0 Å². The maximum absolute atomic E-state index is 6.41. The molecule has 0 saturated carbocycles. The number of furan rings is 1. The molecule has 0 aliphatic heterocycles. The summed E-state index contributed by atoms with van der Waals surface area (Å²) < 4.78 is 6.41. The van der Waals surface area contributed by atoms with Crippen LogP contribution in [0.5, 0.6) is 0 Å². The van der Waals surface area contributed by atoms with Crippen molar-refractivity contribution in [3.63, 3.8) is 0 Å². The molecule has 7 aromatic rings. The summed E-state index contributed by atoms with van der Waals surface area (Å²) >= 11 is 0. The number of aromatic nitrogens is 3. The summed E-state index contributed by atoms with van der Waals surface area (Å²) in [5.74, 6) is 3.37. The van der Waals surface area contributed by atoms with Crippen molar-refractivity contribution in [3.05, 3.63) is 162 Å². The van der Waals surface area contributed by atoms with Crippen molar-refractivity contribution in [3.8, 4) is 22.5 Å². The molecule has 49 heavy (non-hydrogen) atoms. The number of rotatable bonds is 6. The van der Waals surface area contributed by atoms with Gasteiger partial charge in [-0.2, -0.15) is 0 Å². The van der Waals surface area contributed by atoms with Crippen LogP contribution in [-0.2, 0) is 0 Å². The van der Waals surface area contributed by atoms with E-state index in [1.807, 2.05) is 19.9 Å². The van der Waals surface area contributed by atoms with Crippen LogP contribution in [-0.4, -0.2) is 15.0 Å². The van der Waals surface area contributed by atoms with E-state index in [1.54, 1.807) is 0 Å². The summed E-state index contributed by atoms with van der Waals surface area (Å²) in [6, 6.07) is 39.2. The van der Waals surface area contributed by atoms with Gasteiger partial charge < -0.3 is 4.42 Å². The van der Waals surface area contributed by atoms with Gasteiger partial charge in [-0.25, -0.2) is 15.0 Å². The molecule has 2 aromatic heterocycles. The molecule has 0 radical (unpaired) electrons. The van der Waals surface area contributed by atoms with Crippen molar-refractivity contribution < 1.29 is 4.42 Å². The van der Waals surface area contributed by atoms with Crippen LogP contribution in [0.4, 0.5) is 0 Å². The van der Waals surface area contributed by atoms with Gasteiger partial charge in [-0.3, -0.25) is 0 Å². The molecule has 240 valence electrons. The van der Waals surface area contributed by atoms with Gasteiger partial charge in [0.1, 0.15) is 17.2 Å². The van der Waals surface area contributed by atoms with E-state index in [1.165, 1.54) is 27.5 Å². The molecule has 4 heteroatoms. The number of fused-ring (bicyclic) bond motifs is 3. The third-order valence-corrected chi connectivity index (χ3v) is 10.2. The molecule has 1 aliphatic rings. The maximum Gasteiger partial charge on any atom is 0.164 e. The largest absolute Gasteiger partial charge is 0.461 e. The van der Waals surface area contributed by atoms with E-state index in [4.69, 9.17) is 19.4 Å². The third kappa shape index (κ3) is 5.57. The lowest BCUT2D eigenvalue weighted by atomic mass is 9.85. The van der Waals surface area contributed by atoms with Gasteiger partial charge in [-0.1, -0.05) is 116 Å². The van der Waals surface area contributed by atoms with E-state index in [9.17, 15) is 0 Å². The topological polar surface area (TPSA) is 51.8 Å². The molecule has 0 bridgehead atoms. The summed E-state index contributed by atoms with van der Waals surface area (Å²) in [7, 11) is 0. The molecule has 0 amide bonds. The average molecular weight is 638 g/mol. The Morgan fingerprint density at radius 2 is 1.47 bits per heavy atom. The zero-order valence-electron chi connectivity index (χ0n) is 28.3. The number of hydrogen-bond acceptors (Lipinski definition) is 4. The molecule has 4 nitrogen and oxygen atoms in total. The van der Waals surface area contributed by atoms with Crippen molar-refractivity contribution in [2.75, 3.05) is 0 Å². The Bertz CT molecular complexity index is 2380. The lowest BCUT2D eigenvalue weighted by Gasteiger charge is -2.21. The van der Waals surface area contributed by atoms with Gasteiger partial charge in [-0.05, 0) is 96.0 Å². The summed E-state index contributed by atoms with van der Waals surface area (Å²) in [5, 5.41) is 3.38. The van der Waals surface area contributed by atoms with Crippen LogP contribution in [0.15, 0.2) is 126 Å². The van der Waals surface area contributed by atoms with Gasteiger partial charge in [0.2, 0.25) is 0 Å². The summed E-state index contributed by atoms with van der Waals surface area (Å²) in [6.07, 6.45) is 7.08. The fourth-order valence-electron chi connectivity index (χ4n) is 7.58. The van der Waals surface area contributed by atoms with Gasteiger partial charge in [-0.15, -0.1) is 0 Å². The summed E-state index contributed by atoms with van der Waals surface area (Å²) in [5.41, 5.74) is 9.88. The minimum atomic E-state index is 0.0409. The Hall–Kier alpha value is -5.61. The Kier molecular flexibility index (Phi) is 8.01. The highest BCUT2D eigenvalue weighted by atomic mass is 16.3. The van der Waals surface area contributed by atoms with Crippen LogP contribution >= 0.6 is 0 Å². The van der Waals surface area contributed by atoms with Gasteiger partial charge in [0, 0.05) is 28.3 Å². The van der Waals surface area contributed by atoms with Gasteiger partial charge in [0.05, 0.1) is 0 Å². The molecule has 2 unspecified atom stereocenters. The maximum atomic E-state index is 6.41. The standard InChI is InChI=1S/C45H39N3O/c1-5-28(3)43-46-44(39-22-14-21-36(31-16-8-7-9-17-31)37-19-12-13-20-38(37)39)48-45(47-43)40-26-34(27-41-42(40)35(6-2)29(4)49-41)33-24-23-30-15-10-11-18-32(30)25-33/h5-13,15-20,23-27,36,39H,2,14,21-22H2,1,3-4H3/b28-5+. The van der Waals surface area contributed by atoms with Crippen LogP contribution in [0, 0.1) is 6.92 Å². The highest BCUT2D eigenvalue weighted by Gasteiger charge is 2.30. The Balaban J connectivity index is 1.34. The smallest absolute Gasteiger partial charge is 0.164 e. The Morgan fingerprint density at radius 1 is 0.755 bits per heavy atom. The molecule has 8 rings (SSSR count). The van der Waals surface area contributed by atoms with Gasteiger partial charge >= 0.3 is 0 Å². The van der Waals surface area contributed by atoms with E-state index in [-0.39, 0.29) is 5.92 Å². The number of aryl methyl sites for hydroxylation is 1. The fourth-order valence-corrected chi connectivity index (χ4v) is 7.58. The zero-order valence-corrected chi connectivity index (χ0v) is 28.3. The first-order valence-corrected chi connectivity index (χ1v) is 17.2. The molecule has 2 atom stereocenters. The first-order chi connectivity index (χ1) is 24.0. The molecule has 0 saturated heterocycles. The third-order valence-electron chi connectivity index (χ3n) is 10.2. The molecule has 0 fully saturated rings. The normalized spacial score (nSPS) is 16.4. The quantitative estimate of drug-likeness (QED) is 0.170. The second kappa shape index (κ2) is 12.8. The van der Waals surface area contributed by atoms with Gasteiger partial charge in [0.25, 0.3) is 0 Å². The van der Waals surface area contributed by atoms with Crippen LogP contribution in [0.3, 0.4) is 0 Å². The van der Waals surface area contributed by atoms with E-state index in [2.05, 4.69) is 129 Å². The van der Waals surface area contributed by atoms with E-state index in [0.29, 0.717) is 17.6 Å². The average Bonchev–Trinajstić information content (AvgIpc) is 3.35. The first-order valence-electron chi connectivity index (χ1n) is 17.2. The number of benzene rings is 5. The molecule has 0 spiro atoms. The second-order valence-electron chi connectivity index (χ2n) is 13.1. The van der Waals surface area contributed by atoms with E-state index < -0.39 is 0 Å². The molecule has 2 heterocycles. The molecular weight excluding hydrogens is 599 g/mol. The van der Waals surface area contributed by atoms with Crippen LogP contribution in [0.25, 0.3) is 55.9 Å². The first kappa shape index (κ1) is 30.7. The molecular formula is C45H39N3O. The summed E-state index contributed by atoms with van der Waals surface area (Å²) in [4.78, 5) is 15.7. The lowest BCUT2D eigenvalue weighted by molar-refractivity contribution is 0.577. The molecule has 0 N–H and O–H groups in total. The predicted octanol–water partition coefficient (Wildman–Crippen LogP) is 11.9. The fraction of sp³-hybridized carbons (Fsp3) is 0.178. The van der Waals surface area contributed by atoms with Crippen molar-refractivity contribution in [1.29, 1.82) is 0 Å². The van der Waals surface area contributed by atoms with Crippen molar-refractivity contribution in [1.82, 2.24) is 15.0 Å². The highest BCUT2D eigenvalue weighted by molar-refractivity contribution is 6.02. The Morgan fingerprint density at radius 3 is 2.24 bits per heavy atom. The number of hydrogen-bond donors (Lipinski definition) is 0. The molecule has 1 aliphatic carbocycles. The van der Waals surface area contributed by atoms with Crippen molar-refractivity contribution in [2.45, 2.75) is 51.9 Å². The molecule has 5 aromatic carbocycles. The van der Waals surface area contributed by atoms with Crippen LogP contribution in [0.1, 0.15) is 84.6 Å². The monoisotopic (exact) mass is 637 g/mol. The lowest BCUT2D eigenvalue weighted by Crippen LogP contribution is -2.12. The minimum Gasteiger partial charge on any atom is -0.461 e. The van der Waals surface area contributed by atoms with Crippen LogP contribution in [0.2, 0.25) is 0 Å². The second-order valence-corrected chi connectivity index (χ2v) is 13.1. The Labute approximate surface area is 287 Å². The predicted molar refractivity (Wildman–Crippen MR) is 203 cm³/mol. The number of allylic oxidation sites excluding steroid dienone is 2. The number of nitrogens with zero attached hydrogens (tertiary/aromatic N) is 3. The van der Waals surface area contributed by atoms with Crippen molar-refractivity contribution >= 4 is 33.4 Å².